The Kier molecular flexibility index (Phi) is 4.70. The van der Waals surface area contributed by atoms with Crippen molar-refractivity contribution in [1.82, 2.24) is 9.97 Å². The summed E-state index contributed by atoms with van der Waals surface area (Å²) in [7, 11) is 0. The maximum atomic E-state index is 13.8. The number of H-pyrrole nitrogens is 1. The lowest BCUT2D eigenvalue weighted by molar-refractivity contribution is 0.0523. The molecule has 0 saturated carbocycles. The van der Waals surface area contributed by atoms with Gasteiger partial charge in [-0.25, -0.2) is 14.2 Å². The van der Waals surface area contributed by atoms with Crippen molar-refractivity contribution in [2.24, 2.45) is 0 Å². The fourth-order valence-electron chi connectivity index (χ4n) is 1.74. The smallest absolute Gasteiger partial charge is 0.345 e. The molecule has 0 fully saturated rings. The van der Waals surface area contributed by atoms with Gasteiger partial charge in [-0.2, -0.15) is 0 Å². The summed E-state index contributed by atoms with van der Waals surface area (Å²) in [6.07, 6.45) is 1.18. The number of aromatic amines is 1. The minimum Gasteiger partial charge on any atom is -0.462 e. The molecule has 5 nitrogen and oxygen atoms in total. The van der Waals surface area contributed by atoms with E-state index in [1.54, 1.807) is 19.1 Å². The number of hydrogen-bond donors (Lipinski definition) is 1. The molecule has 0 aliphatic heterocycles. The predicted octanol–water partition coefficient (Wildman–Crippen LogP) is 2.33. The maximum absolute atomic E-state index is 13.8. The molecule has 2 rings (SSSR count). The summed E-state index contributed by atoms with van der Waals surface area (Å²) < 4.78 is 18.5. The quantitative estimate of drug-likeness (QED) is 0.880. The summed E-state index contributed by atoms with van der Waals surface area (Å²) >= 11 is 5.68. The van der Waals surface area contributed by atoms with Crippen LogP contribution < -0.4 is 5.56 Å². The van der Waals surface area contributed by atoms with E-state index in [1.807, 2.05) is 0 Å². The number of ether oxygens (including phenoxy) is 1. The number of benzene rings is 1. The van der Waals surface area contributed by atoms with Crippen molar-refractivity contribution < 1.29 is 13.9 Å². The van der Waals surface area contributed by atoms with Crippen molar-refractivity contribution in [1.29, 1.82) is 0 Å². The number of hydrogen-bond acceptors (Lipinski definition) is 4. The number of carbonyl (C=O) groups is 1. The molecule has 0 amide bonds. The van der Waals surface area contributed by atoms with E-state index in [0.29, 0.717) is 5.56 Å². The Balaban J connectivity index is 2.27. The van der Waals surface area contributed by atoms with Crippen LogP contribution in [0.4, 0.5) is 4.39 Å². The largest absolute Gasteiger partial charge is 0.462 e. The molecule has 110 valence electrons. The zero-order valence-electron chi connectivity index (χ0n) is 11.2. The van der Waals surface area contributed by atoms with Crippen LogP contribution in [-0.4, -0.2) is 22.5 Å². The number of carbonyl (C=O) groups excluding carboxylic acids is 1. The lowest BCUT2D eigenvalue weighted by atomic mass is 10.1. The molecule has 0 bridgehead atoms. The zero-order valence-corrected chi connectivity index (χ0v) is 11.9. The summed E-state index contributed by atoms with van der Waals surface area (Å²) in [6, 6.07) is 4.58. The summed E-state index contributed by atoms with van der Waals surface area (Å²) in [6.45, 7) is 1.80. The fraction of sp³-hybridized carbons (Fsp3) is 0.214. The predicted molar refractivity (Wildman–Crippen MR) is 75.0 cm³/mol. The second kappa shape index (κ2) is 6.49. The Hall–Kier alpha value is -2.21. The second-order valence-electron chi connectivity index (χ2n) is 4.18. The van der Waals surface area contributed by atoms with Gasteiger partial charge in [-0.05, 0) is 18.6 Å². The number of halogens is 2. The van der Waals surface area contributed by atoms with Crippen LogP contribution in [0.2, 0.25) is 5.02 Å². The van der Waals surface area contributed by atoms with Gasteiger partial charge < -0.3 is 9.72 Å². The van der Waals surface area contributed by atoms with E-state index in [9.17, 15) is 14.0 Å². The first-order chi connectivity index (χ1) is 10.0. The topological polar surface area (TPSA) is 72.0 Å². The normalized spacial score (nSPS) is 10.4. The molecule has 7 heteroatoms. The summed E-state index contributed by atoms with van der Waals surface area (Å²) in [5.74, 6) is -1.07. The van der Waals surface area contributed by atoms with Crippen LogP contribution in [0.3, 0.4) is 0 Å². The van der Waals surface area contributed by atoms with Crippen LogP contribution in [-0.2, 0) is 11.2 Å². The van der Waals surface area contributed by atoms with Crippen LogP contribution in [0, 0.1) is 5.82 Å². The fourth-order valence-corrected chi connectivity index (χ4v) is 1.94. The summed E-state index contributed by atoms with van der Waals surface area (Å²) in [5.41, 5.74) is -0.511. The van der Waals surface area contributed by atoms with E-state index in [0.717, 1.165) is 6.20 Å². The number of esters is 1. The van der Waals surface area contributed by atoms with Crippen LogP contribution in [0.15, 0.2) is 29.2 Å². The van der Waals surface area contributed by atoms with E-state index in [-0.39, 0.29) is 29.4 Å². The van der Waals surface area contributed by atoms with Crippen molar-refractivity contribution >= 4 is 17.6 Å². The molecule has 1 N–H and O–H groups in total. The Labute approximate surface area is 124 Å². The molecule has 2 aromatic rings. The third-order valence-electron chi connectivity index (χ3n) is 2.74. The van der Waals surface area contributed by atoms with Gasteiger partial charge >= 0.3 is 5.97 Å². The van der Waals surface area contributed by atoms with Crippen LogP contribution in [0.1, 0.15) is 28.7 Å². The molecule has 0 radical (unpaired) electrons. The molecule has 0 spiro atoms. The molecular weight excluding hydrogens is 299 g/mol. The van der Waals surface area contributed by atoms with Crippen LogP contribution >= 0.6 is 11.6 Å². The minimum absolute atomic E-state index is 0.00186. The van der Waals surface area contributed by atoms with E-state index in [4.69, 9.17) is 16.3 Å². The highest BCUT2D eigenvalue weighted by Gasteiger charge is 2.14. The van der Waals surface area contributed by atoms with Crippen molar-refractivity contribution in [3.05, 3.63) is 62.5 Å². The standard InChI is InChI=1S/C14H12ClFN2O3/c1-2-21-14(20)9-7-17-11(18-13(9)19)6-8-4-3-5-10(15)12(8)16/h3-5,7H,2,6H2,1H3,(H,17,18,19). The van der Waals surface area contributed by atoms with Crippen molar-refractivity contribution in [2.75, 3.05) is 6.61 Å². The third kappa shape index (κ3) is 3.46. The number of nitrogens with zero attached hydrogens (tertiary/aromatic N) is 1. The second-order valence-corrected chi connectivity index (χ2v) is 4.59. The highest BCUT2D eigenvalue weighted by molar-refractivity contribution is 6.30. The van der Waals surface area contributed by atoms with E-state index < -0.39 is 17.3 Å². The minimum atomic E-state index is -0.744. The average molecular weight is 311 g/mol. The molecule has 0 aliphatic carbocycles. The van der Waals surface area contributed by atoms with Crippen LogP contribution in [0.5, 0.6) is 0 Å². The van der Waals surface area contributed by atoms with Gasteiger partial charge in [0.25, 0.3) is 5.56 Å². The monoisotopic (exact) mass is 310 g/mol. The summed E-state index contributed by atoms with van der Waals surface area (Å²) in [4.78, 5) is 29.6. The van der Waals surface area contributed by atoms with Crippen LogP contribution in [0.25, 0.3) is 0 Å². The van der Waals surface area contributed by atoms with Gasteiger partial charge in [-0.15, -0.1) is 0 Å². The van der Waals surface area contributed by atoms with Gasteiger partial charge in [0.1, 0.15) is 17.2 Å². The highest BCUT2D eigenvalue weighted by atomic mass is 35.5. The SMILES string of the molecule is CCOC(=O)c1cnc(Cc2cccc(Cl)c2F)[nH]c1=O. The highest BCUT2D eigenvalue weighted by Crippen LogP contribution is 2.19. The van der Waals surface area contributed by atoms with Crippen molar-refractivity contribution in [3.63, 3.8) is 0 Å². The molecule has 0 atom stereocenters. The lowest BCUT2D eigenvalue weighted by Gasteiger charge is -2.05. The van der Waals surface area contributed by atoms with Gasteiger partial charge in [-0.1, -0.05) is 23.7 Å². The van der Waals surface area contributed by atoms with Gasteiger partial charge in [0.05, 0.1) is 11.6 Å². The zero-order chi connectivity index (χ0) is 15.4. The third-order valence-corrected chi connectivity index (χ3v) is 3.03. The van der Waals surface area contributed by atoms with E-state index in [1.165, 1.54) is 6.07 Å². The molecule has 0 aliphatic rings. The Bertz CT molecular complexity index is 730. The van der Waals surface area contributed by atoms with E-state index >= 15 is 0 Å². The molecule has 1 heterocycles. The molecule has 0 unspecified atom stereocenters. The first kappa shape index (κ1) is 15.2. The van der Waals surface area contributed by atoms with E-state index in [2.05, 4.69) is 9.97 Å². The number of aromatic nitrogens is 2. The Morgan fingerprint density at radius 3 is 2.90 bits per heavy atom. The van der Waals surface area contributed by atoms with Gasteiger partial charge in [0, 0.05) is 12.6 Å². The first-order valence-electron chi connectivity index (χ1n) is 6.21. The first-order valence-corrected chi connectivity index (χ1v) is 6.59. The molecule has 21 heavy (non-hydrogen) atoms. The number of rotatable bonds is 4. The van der Waals surface area contributed by atoms with Crippen molar-refractivity contribution in [3.8, 4) is 0 Å². The van der Waals surface area contributed by atoms with Crippen molar-refractivity contribution in [2.45, 2.75) is 13.3 Å². The lowest BCUT2D eigenvalue weighted by Crippen LogP contribution is -2.22. The van der Waals surface area contributed by atoms with Gasteiger partial charge in [0.15, 0.2) is 0 Å². The van der Waals surface area contributed by atoms with Gasteiger partial charge in [0.2, 0.25) is 0 Å². The Morgan fingerprint density at radius 1 is 1.48 bits per heavy atom. The Morgan fingerprint density at radius 2 is 2.24 bits per heavy atom. The maximum Gasteiger partial charge on any atom is 0.345 e. The summed E-state index contributed by atoms with van der Waals surface area (Å²) in [5, 5.41) is -0.00186. The van der Waals surface area contributed by atoms with Gasteiger partial charge in [-0.3, -0.25) is 4.79 Å². The molecular formula is C14H12ClFN2O3. The number of nitrogens with one attached hydrogen (secondary N) is 1. The molecule has 0 saturated heterocycles. The molecule has 1 aromatic heterocycles. The average Bonchev–Trinajstić information content (AvgIpc) is 2.44. The molecule has 1 aromatic carbocycles.